The third kappa shape index (κ3) is 1.54. The second-order valence-electron chi connectivity index (χ2n) is 5.22. The molecule has 2 aliphatic rings. The molecule has 0 N–H and O–H groups in total. The topological polar surface area (TPSA) is 26.3 Å². The molecule has 0 aliphatic carbocycles. The molecule has 2 bridgehead atoms. The van der Waals surface area contributed by atoms with Crippen LogP contribution in [0.25, 0.3) is 0 Å². The number of hydrogen-bond donors (Lipinski definition) is 0. The molecule has 0 aromatic rings. The van der Waals surface area contributed by atoms with E-state index in [-0.39, 0.29) is 12.1 Å². The summed E-state index contributed by atoms with van der Waals surface area (Å²) in [5.41, 5.74) is 0. The number of piperidine rings is 1. The van der Waals surface area contributed by atoms with Crippen LogP contribution in [-0.2, 0) is 9.53 Å². The molecule has 14 heavy (non-hydrogen) atoms. The highest BCUT2D eigenvalue weighted by atomic mass is 16.5. The SMILES string of the molecule is CC(=O)OC1C[C@H]2CC[C@@H](C1)[N+]2(C)C. The lowest BCUT2D eigenvalue weighted by Gasteiger charge is -2.43. The lowest BCUT2D eigenvalue weighted by molar-refractivity contribution is -0.931. The van der Waals surface area contributed by atoms with Crippen LogP contribution >= 0.6 is 0 Å². The van der Waals surface area contributed by atoms with Gasteiger partial charge in [0.05, 0.1) is 26.2 Å². The Kier molecular flexibility index (Phi) is 2.30. The predicted molar refractivity (Wildman–Crippen MR) is 53.7 cm³/mol. The molecule has 0 amide bonds. The van der Waals surface area contributed by atoms with Crippen molar-refractivity contribution in [2.24, 2.45) is 0 Å². The quantitative estimate of drug-likeness (QED) is 0.469. The highest BCUT2D eigenvalue weighted by Crippen LogP contribution is 2.40. The molecule has 0 radical (unpaired) electrons. The molecule has 3 nitrogen and oxygen atoms in total. The summed E-state index contributed by atoms with van der Waals surface area (Å²) >= 11 is 0. The molecule has 0 spiro atoms. The van der Waals surface area contributed by atoms with Gasteiger partial charge in [-0.2, -0.15) is 0 Å². The summed E-state index contributed by atoms with van der Waals surface area (Å²) in [5.74, 6) is -0.124. The number of fused-ring (bicyclic) bond motifs is 2. The van der Waals surface area contributed by atoms with Crippen LogP contribution in [0.15, 0.2) is 0 Å². The Labute approximate surface area is 85.6 Å². The van der Waals surface area contributed by atoms with Gasteiger partial charge in [0.1, 0.15) is 6.10 Å². The fourth-order valence-corrected chi connectivity index (χ4v) is 3.16. The predicted octanol–water partition coefficient (Wildman–Crippen LogP) is 1.32. The minimum atomic E-state index is -0.124. The van der Waals surface area contributed by atoms with E-state index in [2.05, 4.69) is 14.1 Å². The van der Waals surface area contributed by atoms with Crippen molar-refractivity contribution in [3.63, 3.8) is 0 Å². The van der Waals surface area contributed by atoms with Crippen LogP contribution in [0.2, 0.25) is 0 Å². The summed E-state index contributed by atoms with van der Waals surface area (Å²) in [7, 11) is 4.62. The van der Waals surface area contributed by atoms with Gasteiger partial charge in [-0.15, -0.1) is 0 Å². The Balaban J connectivity index is 2.02. The van der Waals surface area contributed by atoms with Crippen molar-refractivity contribution in [1.29, 1.82) is 0 Å². The van der Waals surface area contributed by atoms with Gasteiger partial charge >= 0.3 is 5.97 Å². The Morgan fingerprint density at radius 3 is 2.14 bits per heavy atom. The first kappa shape index (κ1) is 9.97. The van der Waals surface area contributed by atoms with Gasteiger partial charge in [0.25, 0.3) is 0 Å². The number of quaternary nitrogens is 1. The molecule has 2 rings (SSSR count). The Morgan fingerprint density at radius 1 is 1.21 bits per heavy atom. The van der Waals surface area contributed by atoms with Gasteiger partial charge in [-0.05, 0) is 0 Å². The molecule has 1 unspecified atom stereocenters. The molecule has 2 saturated heterocycles. The van der Waals surface area contributed by atoms with Crippen LogP contribution in [0.1, 0.15) is 32.6 Å². The standard InChI is InChI=1S/C11H20NO2/c1-8(13)14-11-6-9-4-5-10(7-11)12(9,2)3/h9-11H,4-7H2,1-3H3/q+1/t9-,10+,11?. The Morgan fingerprint density at radius 2 is 1.71 bits per heavy atom. The zero-order valence-electron chi connectivity index (χ0n) is 9.32. The maximum Gasteiger partial charge on any atom is 0.302 e. The minimum absolute atomic E-state index is 0.124. The Hall–Kier alpha value is -0.570. The number of carbonyl (C=O) groups excluding carboxylic acids is 1. The average molecular weight is 198 g/mol. The molecule has 0 aromatic heterocycles. The zero-order chi connectivity index (χ0) is 10.3. The summed E-state index contributed by atoms with van der Waals surface area (Å²) in [6, 6.07) is 1.41. The van der Waals surface area contributed by atoms with E-state index in [1.165, 1.54) is 19.8 Å². The lowest BCUT2D eigenvalue weighted by atomic mass is 9.98. The summed E-state index contributed by atoms with van der Waals surface area (Å²) in [6.07, 6.45) is 4.91. The molecular weight excluding hydrogens is 178 g/mol. The number of esters is 1. The van der Waals surface area contributed by atoms with E-state index >= 15 is 0 Å². The second kappa shape index (κ2) is 3.23. The fourth-order valence-electron chi connectivity index (χ4n) is 3.16. The van der Waals surface area contributed by atoms with Gasteiger partial charge < -0.3 is 9.22 Å². The molecule has 2 fully saturated rings. The summed E-state index contributed by atoms with van der Waals surface area (Å²) < 4.78 is 6.45. The first-order chi connectivity index (χ1) is 6.50. The van der Waals surface area contributed by atoms with Gasteiger partial charge in [0.15, 0.2) is 0 Å². The van der Waals surface area contributed by atoms with Crippen LogP contribution in [0, 0.1) is 0 Å². The van der Waals surface area contributed by atoms with Crippen molar-refractivity contribution in [2.45, 2.75) is 50.8 Å². The molecule has 2 aliphatic heterocycles. The van der Waals surface area contributed by atoms with E-state index in [1.807, 2.05) is 0 Å². The minimum Gasteiger partial charge on any atom is -0.462 e. The molecule has 0 saturated carbocycles. The van der Waals surface area contributed by atoms with Gasteiger partial charge in [0, 0.05) is 32.6 Å². The molecule has 3 heteroatoms. The highest BCUT2D eigenvalue weighted by Gasteiger charge is 2.49. The second-order valence-corrected chi connectivity index (χ2v) is 5.22. The first-order valence-corrected chi connectivity index (χ1v) is 5.50. The zero-order valence-corrected chi connectivity index (χ0v) is 9.32. The van der Waals surface area contributed by atoms with Gasteiger partial charge in [-0.1, -0.05) is 0 Å². The summed E-state index contributed by atoms with van der Waals surface area (Å²) in [5, 5.41) is 0. The number of rotatable bonds is 1. The van der Waals surface area contributed by atoms with E-state index in [0.29, 0.717) is 12.1 Å². The van der Waals surface area contributed by atoms with Crippen molar-refractivity contribution < 1.29 is 14.0 Å². The molecule has 80 valence electrons. The van der Waals surface area contributed by atoms with E-state index in [1.54, 1.807) is 0 Å². The number of ether oxygens (including phenoxy) is 1. The fraction of sp³-hybridized carbons (Fsp3) is 0.909. The van der Waals surface area contributed by atoms with Crippen molar-refractivity contribution in [1.82, 2.24) is 0 Å². The maximum atomic E-state index is 10.9. The third-order valence-corrected chi connectivity index (χ3v) is 4.12. The third-order valence-electron chi connectivity index (χ3n) is 4.12. The number of carbonyl (C=O) groups is 1. The van der Waals surface area contributed by atoms with Crippen LogP contribution < -0.4 is 0 Å². The van der Waals surface area contributed by atoms with Crippen LogP contribution in [-0.4, -0.2) is 42.7 Å². The first-order valence-electron chi connectivity index (χ1n) is 5.50. The van der Waals surface area contributed by atoms with E-state index in [9.17, 15) is 4.79 Å². The van der Waals surface area contributed by atoms with Gasteiger partial charge in [-0.3, -0.25) is 4.79 Å². The van der Waals surface area contributed by atoms with E-state index in [0.717, 1.165) is 17.3 Å². The van der Waals surface area contributed by atoms with E-state index in [4.69, 9.17) is 4.74 Å². The van der Waals surface area contributed by atoms with E-state index < -0.39 is 0 Å². The van der Waals surface area contributed by atoms with Crippen molar-refractivity contribution in [3.05, 3.63) is 0 Å². The van der Waals surface area contributed by atoms with Crippen molar-refractivity contribution in [2.75, 3.05) is 14.1 Å². The molecular formula is C11H20NO2+. The van der Waals surface area contributed by atoms with Crippen LogP contribution in [0.3, 0.4) is 0 Å². The molecule has 0 aromatic carbocycles. The summed E-state index contributed by atoms with van der Waals surface area (Å²) in [6.45, 7) is 1.51. The average Bonchev–Trinajstić information content (AvgIpc) is 2.30. The molecule has 3 atom stereocenters. The van der Waals surface area contributed by atoms with Crippen LogP contribution in [0.4, 0.5) is 0 Å². The van der Waals surface area contributed by atoms with Crippen molar-refractivity contribution >= 4 is 5.97 Å². The lowest BCUT2D eigenvalue weighted by Crippen LogP contribution is -2.56. The van der Waals surface area contributed by atoms with Gasteiger partial charge in [-0.25, -0.2) is 0 Å². The number of nitrogens with zero attached hydrogens (tertiary/aromatic N) is 1. The van der Waals surface area contributed by atoms with Crippen molar-refractivity contribution in [3.8, 4) is 0 Å². The molecule has 2 heterocycles. The maximum absolute atomic E-state index is 10.9. The largest absolute Gasteiger partial charge is 0.462 e. The highest BCUT2D eigenvalue weighted by molar-refractivity contribution is 5.66. The van der Waals surface area contributed by atoms with Gasteiger partial charge in [0.2, 0.25) is 0 Å². The normalized spacial score (nSPS) is 39.5. The monoisotopic (exact) mass is 198 g/mol. The summed E-state index contributed by atoms with van der Waals surface area (Å²) in [4.78, 5) is 10.9. The number of hydrogen-bond acceptors (Lipinski definition) is 2. The van der Waals surface area contributed by atoms with Crippen LogP contribution in [0.5, 0.6) is 0 Å². The Bertz CT molecular complexity index is 234. The smallest absolute Gasteiger partial charge is 0.302 e.